The Bertz CT molecular complexity index is 234. The van der Waals surface area contributed by atoms with E-state index in [9.17, 15) is 8.78 Å². The van der Waals surface area contributed by atoms with Gasteiger partial charge in [-0.2, -0.15) is 13.5 Å². The average Bonchev–Trinajstić information content (AvgIpc) is 2.10. The molecule has 0 saturated carbocycles. The topological polar surface area (TPSA) is 30.7 Å². The summed E-state index contributed by atoms with van der Waals surface area (Å²) < 4.78 is 24.7. The van der Waals surface area contributed by atoms with Gasteiger partial charge < -0.3 is 0 Å². The smallest absolute Gasteiger partial charge is 0.207 e. The maximum atomic E-state index is 11.9. The number of halogens is 3. The van der Waals surface area contributed by atoms with Crippen molar-refractivity contribution in [2.75, 3.05) is 0 Å². The maximum Gasteiger partial charge on any atom is 0.334 e. The second-order valence-corrected chi connectivity index (χ2v) is 2.62. The summed E-state index contributed by atoms with van der Waals surface area (Å²) in [5, 5.41) is 3.45. The molecule has 0 unspecified atom stereocenters. The Morgan fingerprint density at radius 1 is 1.60 bits per heavy atom. The van der Waals surface area contributed by atoms with Crippen LogP contribution in [0.2, 0.25) is 0 Å². The molecule has 1 aromatic heterocycles. The molecule has 0 fully saturated rings. The lowest BCUT2D eigenvalue weighted by molar-refractivity contribution is 0.0536. The van der Waals surface area contributed by atoms with E-state index in [1.165, 1.54) is 6.92 Å². The number of nitrogens with zero attached hydrogens (tertiary/aromatic N) is 3. The standard InChI is InChI=1S/C4H4F2IN3/c1-2-8-4(7)9-10(2)3(5)6/h3H,1H3. The molecule has 0 aliphatic rings. The van der Waals surface area contributed by atoms with Crippen LogP contribution in [-0.4, -0.2) is 14.8 Å². The summed E-state index contributed by atoms with van der Waals surface area (Å²) in [4.78, 5) is 3.69. The van der Waals surface area contributed by atoms with Gasteiger partial charge in [0.2, 0.25) is 3.83 Å². The highest BCUT2D eigenvalue weighted by atomic mass is 127. The van der Waals surface area contributed by atoms with E-state index in [2.05, 4.69) is 10.1 Å². The number of hydrogen-bond donors (Lipinski definition) is 0. The average molecular weight is 259 g/mol. The van der Waals surface area contributed by atoms with Gasteiger partial charge >= 0.3 is 6.55 Å². The van der Waals surface area contributed by atoms with Crippen LogP contribution in [0.5, 0.6) is 0 Å². The predicted molar refractivity (Wildman–Crippen MR) is 38.7 cm³/mol. The number of aryl methyl sites for hydroxylation is 1. The first-order valence-electron chi connectivity index (χ1n) is 2.48. The van der Waals surface area contributed by atoms with E-state index in [4.69, 9.17) is 0 Å². The minimum atomic E-state index is -2.59. The molecule has 0 aliphatic carbocycles. The molecular formula is C4H4F2IN3. The molecule has 1 rings (SSSR count). The molecule has 6 heteroatoms. The van der Waals surface area contributed by atoms with Crippen molar-refractivity contribution in [2.45, 2.75) is 13.5 Å². The minimum Gasteiger partial charge on any atom is -0.207 e. The second kappa shape index (κ2) is 2.77. The van der Waals surface area contributed by atoms with Crippen molar-refractivity contribution < 1.29 is 8.78 Å². The number of aromatic nitrogens is 3. The van der Waals surface area contributed by atoms with E-state index in [0.29, 0.717) is 8.51 Å². The molecule has 10 heavy (non-hydrogen) atoms. The zero-order valence-corrected chi connectivity index (χ0v) is 7.21. The fourth-order valence-electron chi connectivity index (χ4n) is 0.553. The van der Waals surface area contributed by atoms with Crippen molar-refractivity contribution in [3.05, 3.63) is 9.66 Å². The molecule has 0 aliphatic heterocycles. The van der Waals surface area contributed by atoms with Crippen LogP contribution in [0.3, 0.4) is 0 Å². The first-order valence-corrected chi connectivity index (χ1v) is 3.56. The van der Waals surface area contributed by atoms with Crippen LogP contribution in [-0.2, 0) is 0 Å². The Balaban J connectivity index is 3.03. The van der Waals surface area contributed by atoms with Crippen LogP contribution in [0, 0.1) is 10.8 Å². The third kappa shape index (κ3) is 1.41. The molecule has 1 aromatic rings. The van der Waals surface area contributed by atoms with Crippen molar-refractivity contribution in [3.63, 3.8) is 0 Å². The Kier molecular flexibility index (Phi) is 2.17. The van der Waals surface area contributed by atoms with Gasteiger partial charge in [-0.3, -0.25) is 0 Å². The summed E-state index contributed by atoms with van der Waals surface area (Å²) in [6.07, 6.45) is 0. The Hall–Kier alpha value is -0.270. The van der Waals surface area contributed by atoms with Crippen molar-refractivity contribution in [3.8, 4) is 0 Å². The first kappa shape index (κ1) is 7.83. The van der Waals surface area contributed by atoms with Crippen LogP contribution in [0.15, 0.2) is 0 Å². The van der Waals surface area contributed by atoms with E-state index in [1.807, 2.05) is 0 Å². The maximum absolute atomic E-state index is 11.9. The Morgan fingerprint density at radius 3 is 2.40 bits per heavy atom. The molecule has 0 bridgehead atoms. The minimum absolute atomic E-state index is 0.236. The van der Waals surface area contributed by atoms with Crippen molar-refractivity contribution in [1.29, 1.82) is 0 Å². The van der Waals surface area contributed by atoms with E-state index in [-0.39, 0.29) is 5.82 Å². The summed E-state index contributed by atoms with van der Waals surface area (Å²) in [5.41, 5.74) is 0. The molecule has 3 nitrogen and oxygen atoms in total. The monoisotopic (exact) mass is 259 g/mol. The van der Waals surface area contributed by atoms with Crippen molar-refractivity contribution in [1.82, 2.24) is 14.8 Å². The number of hydrogen-bond acceptors (Lipinski definition) is 2. The van der Waals surface area contributed by atoms with E-state index < -0.39 is 6.55 Å². The fourth-order valence-corrected chi connectivity index (χ4v) is 1.13. The van der Waals surface area contributed by atoms with E-state index in [1.54, 1.807) is 22.6 Å². The number of rotatable bonds is 1. The lowest BCUT2D eigenvalue weighted by Gasteiger charge is -1.97. The summed E-state index contributed by atoms with van der Waals surface area (Å²) in [7, 11) is 0. The third-order valence-corrected chi connectivity index (χ3v) is 1.42. The molecule has 0 spiro atoms. The first-order chi connectivity index (χ1) is 4.61. The second-order valence-electron chi connectivity index (χ2n) is 1.65. The van der Waals surface area contributed by atoms with E-state index in [0.717, 1.165) is 0 Å². The van der Waals surface area contributed by atoms with Gasteiger partial charge in [-0.1, -0.05) is 0 Å². The summed E-state index contributed by atoms with van der Waals surface area (Å²) in [6, 6.07) is 0. The molecule has 56 valence electrons. The van der Waals surface area contributed by atoms with Gasteiger partial charge in [-0.25, -0.2) is 4.98 Å². The summed E-state index contributed by atoms with van der Waals surface area (Å²) in [5.74, 6) is 0.236. The lowest BCUT2D eigenvalue weighted by atomic mass is 10.7. The number of alkyl halides is 2. The summed E-state index contributed by atoms with van der Waals surface area (Å²) >= 11 is 1.78. The normalized spacial score (nSPS) is 10.9. The predicted octanol–water partition coefficient (Wildman–Crippen LogP) is 1.59. The Morgan fingerprint density at radius 2 is 2.20 bits per heavy atom. The third-order valence-electron chi connectivity index (χ3n) is 0.961. The van der Waals surface area contributed by atoms with Gasteiger partial charge in [0, 0.05) is 22.6 Å². The van der Waals surface area contributed by atoms with Gasteiger partial charge in [0.25, 0.3) is 0 Å². The van der Waals surface area contributed by atoms with Crippen LogP contribution in [0.25, 0.3) is 0 Å². The van der Waals surface area contributed by atoms with Crippen molar-refractivity contribution in [2.24, 2.45) is 0 Å². The highest BCUT2D eigenvalue weighted by Crippen LogP contribution is 2.11. The van der Waals surface area contributed by atoms with Gasteiger partial charge in [0.15, 0.2) is 0 Å². The van der Waals surface area contributed by atoms with Crippen LogP contribution < -0.4 is 0 Å². The highest BCUT2D eigenvalue weighted by molar-refractivity contribution is 14.1. The van der Waals surface area contributed by atoms with Crippen molar-refractivity contribution >= 4 is 22.6 Å². The molecule has 0 N–H and O–H groups in total. The van der Waals surface area contributed by atoms with Gasteiger partial charge in [-0.05, 0) is 6.92 Å². The zero-order valence-electron chi connectivity index (χ0n) is 5.05. The Labute approximate surface area is 69.6 Å². The molecule has 0 radical (unpaired) electrons. The molecule has 1 heterocycles. The molecule has 0 atom stereocenters. The quantitative estimate of drug-likeness (QED) is 0.717. The van der Waals surface area contributed by atoms with E-state index >= 15 is 0 Å². The largest absolute Gasteiger partial charge is 0.334 e. The summed E-state index contributed by atoms with van der Waals surface area (Å²) in [6.45, 7) is -1.10. The van der Waals surface area contributed by atoms with Gasteiger partial charge in [0.1, 0.15) is 5.82 Å². The molecule has 0 saturated heterocycles. The van der Waals surface area contributed by atoms with Gasteiger partial charge in [-0.15, -0.1) is 5.10 Å². The molecular weight excluding hydrogens is 255 g/mol. The van der Waals surface area contributed by atoms with Crippen LogP contribution in [0.1, 0.15) is 12.4 Å². The molecule has 0 amide bonds. The SMILES string of the molecule is Cc1nc(I)nn1C(F)F. The van der Waals surface area contributed by atoms with Gasteiger partial charge in [0.05, 0.1) is 0 Å². The lowest BCUT2D eigenvalue weighted by Crippen LogP contribution is -2.02. The fraction of sp³-hybridized carbons (Fsp3) is 0.500. The highest BCUT2D eigenvalue weighted by Gasteiger charge is 2.11. The van der Waals surface area contributed by atoms with Crippen LogP contribution in [0.4, 0.5) is 8.78 Å². The van der Waals surface area contributed by atoms with Crippen LogP contribution >= 0.6 is 22.6 Å². The zero-order chi connectivity index (χ0) is 7.72. The molecule has 0 aromatic carbocycles.